The highest BCUT2D eigenvalue weighted by Gasteiger charge is 2.16. The molecular weight excluding hydrogens is 475 g/mol. The largest absolute Gasteiger partial charge is 0.456 e. The fourth-order valence-electron chi connectivity index (χ4n) is 3.18. The normalized spacial score (nSPS) is 11.5. The minimum absolute atomic E-state index is 0.0993. The molecular formula is C24H22BrFN4O2. The molecule has 2 aromatic heterocycles. The van der Waals surface area contributed by atoms with Crippen molar-refractivity contribution in [2.45, 2.75) is 32.7 Å². The fraction of sp³-hybridized carbons (Fsp3) is 0.208. The highest BCUT2D eigenvalue weighted by molar-refractivity contribution is 9.10. The summed E-state index contributed by atoms with van der Waals surface area (Å²) >= 11 is 3.44. The summed E-state index contributed by atoms with van der Waals surface area (Å²) in [6, 6.07) is 11.9. The third-order valence-corrected chi connectivity index (χ3v) is 5.31. The summed E-state index contributed by atoms with van der Waals surface area (Å²) in [6.45, 7) is 6.04. The molecule has 0 bridgehead atoms. The third-order valence-electron chi connectivity index (χ3n) is 4.82. The first-order valence-electron chi connectivity index (χ1n) is 10.0. The number of hydrogen-bond donors (Lipinski definition) is 1. The molecule has 0 aliphatic carbocycles. The molecule has 0 radical (unpaired) electrons. The van der Waals surface area contributed by atoms with Crippen molar-refractivity contribution in [1.82, 2.24) is 14.8 Å². The fourth-order valence-corrected chi connectivity index (χ4v) is 3.54. The summed E-state index contributed by atoms with van der Waals surface area (Å²) in [5, 5.41) is 7.81. The van der Waals surface area contributed by atoms with Crippen LogP contribution in [0.5, 0.6) is 11.5 Å². The van der Waals surface area contributed by atoms with Gasteiger partial charge in [-0.05, 0) is 56.7 Å². The van der Waals surface area contributed by atoms with E-state index >= 15 is 0 Å². The van der Waals surface area contributed by atoms with E-state index < -0.39 is 5.82 Å². The van der Waals surface area contributed by atoms with Crippen molar-refractivity contribution >= 4 is 38.4 Å². The summed E-state index contributed by atoms with van der Waals surface area (Å²) in [7, 11) is 0. The Bertz CT molecular complexity index is 1300. The van der Waals surface area contributed by atoms with Crippen LogP contribution in [0.3, 0.4) is 0 Å². The quantitative estimate of drug-likeness (QED) is 0.364. The molecule has 0 atom stereocenters. The second-order valence-electron chi connectivity index (χ2n) is 8.40. The average molecular weight is 497 g/mol. The minimum atomic E-state index is -0.512. The molecule has 32 heavy (non-hydrogen) atoms. The van der Waals surface area contributed by atoms with E-state index in [9.17, 15) is 9.18 Å². The molecule has 6 nitrogen and oxygen atoms in total. The lowest BCUT2D eigenvalue weighted by atomic mass is 10.1. The van der Waals surface area contributed by atoms with Gasteiger partial charge < -0.3 is 10.1 Å². The first-order chi connectivity index (χ1) is 15.2. The summed E-state index contributed by atoms with van der Waals surface area (Å²) in [5.74, 6) is 0.0706. The second kappa shape index (κ2) is 8.70. The molecule has 2 aromatic carbocycles. The van der Waals surface area contributed by atoms with Gasteiger partial charge in [-0.15, -0.1) is 0 Å². The van der Waals surface area contributed by atoms with Crippen LogP contribution in [0.2, 0.25) is 0 Å². The van der Waals surface area contributed by atoms with Crippen molar-refractivity contribution < 1.29 is 13.9 Å². The molecule has 0 aliphatic rings. The predicted octanol–water partition coefficient (Wildman–Crippen LogP) is 6.06. The smallest absolute Gasteiger partial charge is 0.228 e. The molecule has 4 rings (SSSR count). The Morgan fingerprint density at radius 1 is 1.19 bits per heavy atom. The number of nitrogens with zero attached hydrogens (tertiary/aromatic N) is 3. The van der Waals surface area contributed by atoms with Gasteiger partial charge in [-0.2, -0.15) is 5.10 Å². The summed E-state index contributed by atoms with van der Waals surface area (Å²) < 4.78 is 23.3. The number of nitrogens with one attached hydrogen (secondary N) is 1. The molecule has 0 aliphatic heterocycles. The maximum atomic E-state index is 14.7. The van der Waals surface area contributed by atoms with Gasteiger partial charge in [0.25, 0.3) is 0 Å². The van der Waals surface area contributed by atoms with Gasteiger partial charge in [0.05, 0.1) is 29.4 Å². The molecule has 8 heteroatoms. The topological polar surface area (TPSA) is 69.0 Å². The maximum Gasteiger partial charge on any atom is 0.228 e. The predicted molar refractivity (Wildman–Crippen MR) is 125 cm³/mol. The minimum Gasteiger partial charge on any atom is -0.456 e. The van der Waals surface area contributed by atoms with E-state index in [1.165, 1.54) is 6.07 Å². The highest BCUT2D eigenvalue weighted by Crippen LogP contribution is 2.31. The van der Waals surface area contributed by atoms with E-state index in [-0.39, 0.29) is 23.4 Å². The summed E-state index contributed by atoms with van der Waals surface area (Å²) in [5.41, 5.74) is 1.43. The van der Waals surface area contributed by atoms with E-state index in [1.807, 2.05) is 39.0 Å². The molecule has 0 fully saturated rings. The number of ether oxygens (including phenoxy) is 1. The number of hydrogen-bond acceptors (Lipinski definition) is 4. The number of anilines is 1. The zero-order valence-electron chi connectivity index (χ0n) is 17.9. The van der Waals surface area contributed by atoms with Crippen molar-refractivity contribution in [1.29, 1.82) is 0 Å². The van der Waals surface area contributed by atoms with Gasteiger partial charge in [-0.1, -0.05) is 22.0 Å². The van der Waals surface area contributed by atoms with Crippen LogP contribution in [0.1, 0.15) is 26.3 Å². The number of carbonyl (C=O) groups excluding carboxylic acids is 1. The third kappa shape index (κ3) is 4.96. The van der Waals surface area contributed by atoms with E-state index in [2.05, 4.69) is 31.3 Å². The average Bonchev–Trinajstić information content (AvgIpc) is 3.19. The second-order valence-corrected chi connectivity index (χ2v) is 9.31. The molecule has 0 saturated heterocycles. The molecule has 4 aromatic rings. The van der Waals surface area contributed by atoms with Crippen LogP contribution in [-0.4, -0.2) is 20.7 Å². The summed E-state index contributed by atoms with van der Waals surface area (Å²) in [6.07, 6.45) is 4.87. The number of benzene rings is 2. The van der Waals surface area contributed by atoms with Crippen molar-refractivity contribution in [2.75, 3.05) is 5.32 Å². The number of fused-ring (bicyclic) bond motifs is 1. The van der Waals surface area contributed by atoms with E-state index in [0.717, 1.165) is 15.4 Å². The van der Waals surface area contributed by atoms with Crippen LogP contribution in [-0.2, 0) is 16.8 Å². The lowest BCUT2D eigenvalue weighted by molar-refractivity contribution is -0.115. The zero-order valence-corrected chi connectivity index (χ0v) is 19.5. The maximum absolute atomic E-state index is 14.7. The Morgan fingerprint density at radius 3 is 2.72 bits per heavy atom. The Morgan fingerprint density at radius 2 is 2.00 bits per heavy atom. The SMILES string of the molecule is CC(C)(C)n1cc(NC(=O)Cc2ccc(Oc3ccnc4ccc(Br)cc34)cc2F)cn1. The van der Waals surface area contributed by atoms with Crippen molar-refractivity contribution in [2.24, 2.45) is 0 Å². The molecule has 1 amide bonds. The number of carbonyl (C=O) groups is 1. The number of aromatic nitrogens is 3. The Hall–Kier alpha value is -3.26. The van der Waals surface area contributed by atoms with Crippen LogP contribution in [0, 0.1) is 5.82 Å². The van der Waals surface area contributed by atoms with Crippen LogP contribution in [0.25, 0.3) is 10.9 Å². The number of rotatable bonds is 5. The Labute approximate surface area is 193 Å². The number of halogens is 2. The molecule has 0 unspecified atom stereocenters. The van der Waals surface area contributed by atoms with Crippen LogP contribution in [0.15, 0.2) is 65.5 Å². The van der Waals surface area contributed by atoms with Crippen molar-refractivity contribution in [3.63, 3.8) is 0 Å². The lowest BCUT2D eigenvalue weighted by Gasteiger charge is -2.18. The monoisotopic (exact) mass is 496 g/mol. The number of amides is 1. The lowest BCUT2D eigenvalue weighted by Crippen LogP contribution is -2.22. The van der Waals surface area contributed by atoms with Gasteiger partial charge >= 0.3 is 0 Å². The van der Waals surface area contributed by atoms with Gasteiger partial charge in [0.1, 0.15) is 17.3 Å². The van der Waals surface area contributed by atoms with Gasteiger partial charge in [-0.3, -0.25) is 14.5 Å². The first kappa shape index (κ1) is 22.0. The van der Waals surface area contributed by atoms with Crippen LogP contribution < -0.4 is 10.1 Å². The molecule has 2 heterocycles. The van der Waals surface area contributed by atoms with Gasteiger partial charge in [0.15, 0.2) is 0 Å². The first-order valence-corrected chi connectivity index (χ1v) is 10.8. The van der Waals surface area contributed by atoms with Crippen LogP contribution >= 0.6 is 15.9 Å². The van der Waals surface area contributed by atoms with E-state index in [0.29, 0.717) is 17.2 Å². The molecule has 0 saturated carbocycles. The van der Waals surface area contributed by atoms with Crippen molar-refractivity contribution in [3.8, 4) is 11.5 Å². The van der Waals surface area contributed by atoms with E-state index in [1.54, 1.807) is 41.5 Å². The zero-order chi connectivity index (χ0) is 22.9. The summed E-state index contributed by atoms with van der Waals surface area (Å²) in [4.78, 5) is 16.7. The van der Waals surface area contributed by atoms with Gasteiger partial charge in [0.2, 0.25) is 5.91 Å². The van der Waals surface area contributed by atoms with Crippen LogP contribution in [0.4, 0.5) is 10.1 Å². The Kier molecular flexibility index (Phi) is 5.97. The Balaban J connectivity index is 1.46. The number of pyridine rings is 1. The molecule has 164 valence electrons. The molecule has 0 spiro atoms. The van der Waals surface area contributed by atoms with Gasteiger partial charge in [0, 0.05) is 28.3 Å². The standard InChI is InChI=1S/C24H22BrFN4O2/c1-24(2,3)30-14-17(13-28-30)29-23(31)10-15-4-6-18(12-20(15)26)32-22-8-9-27-21-7-5-16(25)11-19(21)22/h4-9,11-14H,10H2,1-3H3,(H,29,31). The molecule has 1 N–H and O–H groups in total. The highest BCUT2D eigenvalue weighted by atomic mass is 79.9. The van der Waals surface area contributed by atoms with Crippen molar-refractivity contribution in [3.05, 3.63) is 76.9 Å². The van der Waals surface area contributed by atoms with Gasteiger partial charge in [-0.25, -0.2) is 4.39 Å². The van der Waals surface area contributed by atoms with E-state index in [4.69, 9.17) is 4.74 Å².